The van der Waals surface area contributed by atoms with Gasteiger partial charge in [-0.15, -0.1) is 0 Å². The van der Waals surface area contributed by atoms with Crippen molar-refractivity contribution in [3.05, 3.63) is 103 Å². The van der Waals surface area contributed by atoms with Gasteiger partial charge in [0, 0.05) is 11.4 Å². The number of hydrogen-bond acceptors (Lipinski definition) is 3. The number of benzene rings is 4. The molecule has 4 aromatic rings. The smallest absolute Gasteiger partial charge is 0.304 e. The minimum atomic E-state index is -3.93. The molecule has 0 aliphatic carbocycles. The van der Waals surface area contributed by atoms with Crippen molar-refractivity contribution >= 4 is 26.8 Å². The highest BCUT2D eigenvalue weighted by Crippen LogP contribution is 2.24. The third-order valence-corrected chi connectivity index (χ3v) is 6.88. The quantitative estimate of drug-likeness (QED) is 0.405. The molecule has 0 radical (unpaired) electrons. The summed E-state index contributed by atoms with van der Waals surface area (Å²) in [5, 5.41) is 10.8. The summed E-state index contributed by atoms with van der Waals surface area (Å²) in [6, 6.07) is 29.1. The van der Waals surface area contributed by atoms with Gasteiger partial charge in [-0.25, -0.2) is 13.1 Å². The minimum Gasteiger partial charge on any atom is -0.481 e. The molecular formula is C26H23NO4S. The van der Waals surface area contributed by atoms with Gasteiger partial charge in [0.15, 0.2) is 0 Å². The molecule has 0 bridgehead atoms. The van der Waals surface area contributed by atoms with Crippen LogP contribution in [-0.4, -0.2) is 25.5 Å². The number of sulfonamides is 1. The van der Waals surface area contributed by atoms with Crippen molar-refractivity contribution in [2.24, 2.45) is 0 Å². The predicted molar refractivity (Wildman–Crippen MR) is 126 cm³/mol. The molecule has 1 atom stereocenters. The van der Waals surface area contributed by atoms with Crippen molar-refractivity contribution < 1.29 is 18.3 Å². The van der Waals surface area contributed by atoms with Gasteiger partial charge in [-0.05, 0) is 34.6 Å². The fraction of sp³-hybridized carbons (Fsp3) is 0.115. The molecule has 0 fully saturated rings. The van der Waals surface area contributed by atoms with E-state index in [1.807, 2.05) is 72.8 Å². The molecule has 0 saturated carbocycles. The molecule has 4 rings (SSSR count). The van der Waals surface area contributed by atoms with Crippen LogP contribution >= 0.6 is 0 Å². The number of aliphatic carboxylic acids is 1. The molecular weight excluding hydrogens is 422 g/mol. The van der Waals surface area contributed by atoms with Crippen molar-refractivity contribution in [2.45, 2.75) is 23.8 Å². The molecule has 2 N–H and O–H groups in total. The summed E-state index contributed by atoms with van der Waals surface area (Å²) in [5.74, 6) is -1.06. The molecule has 0 amide bonds. The Morgan fingerprint density at radius 1 is 0.812 bits per heavy atom. The number of rotatable bonds is 8. The third-order valence-electron chi connectivity index (χ3n) is 5.30. The van der Waals surface area contributed by atoms with Crippen LogP contribution in [0, 0.1) is 0 Å². The molecule has 1 unspecified atom stereocenters. The van der Waals surface area contributed by atoms with Gasteiger partial charge in [0.05, 0.1) is 11.3 Å². The Kier molecular flexibility index (Phi) is 6.35. The monoisotopic (exact) mass is 445 g/mol. The molecule has 5 nitrogen and oxygen atoms in total. The fourth-order valence-corrected chi connectivity index (χ4v) is 5.34. The molecule has 0 spiro atoms. The van der Waals surface area contributed by atoms with Crippen LogP contribution < -0.4 is 4.72 Å². The Morgan fingerprint density at radius 3 is 2.25 bits per heavy atom. The third kappa shape index (κ3) is 5.04. The molecule has 162 valence electrons. The SMILES string of the molecule is O=C(O)CC(Cc1cccc(-c2ccccc2)c1)NS(=O)(=O)c1cccc2ccccc12. The van der Waals surface area contributed by atoms with Crippen molar-refractivity contribution in [3.8, 4) is 11.1 Å². The Bertz CT molecular complexity index is 1350. The number of fused-ring (bicyclic) bond motifs is 1. The zero-order valence-electron chi connectivity index (χ0n) is 17.3. The summed E-state index contributed by atoms with van der Waals surface area (Å²) in [5.41, 5.74) is 2.90. The van der Waals surface area contributed by atoms with E-state index in [9.17, 15) is 18.3 Å². The van der Waals surface area contributed by atoms with E-state index < -0.39 is 22.0 Å². The van der Waals surface area contributed by atoms with Gasteiger partial charge in [0.2, 0.25) is 10.0 Å². The van der Waals surface area contributed by atoms with Gasteiger partial charge in [0.1, 0.15) is 0 Å². The summed E-state index contributed by atoms with van der Waals surface area (Å²) >= 11 is 0. The van der Waals surface area contributed by atoms with Gasteiger partial charge in [-0.3, -0.25) is 4.79 Å². The van der Waals surface area contributed by atoms with Crippen LogP contribution in [0.25, 0.3) is 21.9 Å². The summed E-state index contributed by atoms with van der Waals surface area (Å²) in [4.78, 5) is 11.6. The van der Waals surface area contributed by atoms with Crippen LogP contribution in [0.1, 0.15) is 12.0 Å². The molecule has 0 saturated heterocycles. The van der Waals surface area contributed by atoms with Gasteiger partial charge in [0.25, 0.3) is 0 Å². The van der Waals surface area contributed by atoms with Crippen molar-refractivity contribution in [3.63, 3.8) is 0 Å². The van der Waals surface area contributed by atoms with Crippen LogP contribution in [0.15, 0.2) is 102 Å². The summed E-state index contributed by atoms with van der Waals surface area (Å²) in [7, 11) is -3.93. The number of nitrogens with one attached hydrogen (secondary N) is 1. The van der Waals surface area contributed by atoms with E-state index in [1.165, 1.54) is 0 Å². The topological polar surface area (TPSA) is 83.5 Å². The minimum absolute atomic E-state index is 0.143. The van der Waals surface area contributed by atoms with E-state index in [-0.39, 0.29) is 17.7 Å². The molecule has 0 aliphatic heterocycles. The lowest BCUT2D eigenvalue weighted by Gasteiger charge is -2.18. The van der Waals surface area contributed by atoms with E-state index in [0.717, 1.165) is 22.1 Å². The van der Waals surface area contributed by atoms with Crippen LogP contribution in [0.2, 0.25) is 0 Å². The molecule has 0 aliphatic rings. The molecule has 4 aromatic carbocycles. The summed E-state index contributed by atoms with van der Waals surface area (Å²) in [6.45, 7) is 0. The van der Waals surface area contributed by atoms with Gasteiger partial charge in [-0.2, -0.15) is 0 Å². The highest BCUT2D eigenvalue weighted by atomic mass is 32.2. The lowest BCUT2D eigenvalue weighted by Crippen LogP contribution is -2.38. The number of carboxylic acids is 1. The molecule has 0 heterocycles. The van der Waals surface area contributed by atoms with E-state index in [0.29, 0.717) is 5.39 Å². The summed E-state index contributed by atoms with van der Waals surface area (Å²) < 4.78 is 29.1. The first-order valence-electron chi connectivity index (χ1n) is 10.3. The number of carboxylic acid groups (broad SMARTS) is 1. The second kappa shape index (κ2) is 9.34. The van der Waals surface area contributed by atoms with E-state index >= 15 is 0 Å². The predicted octanol–water partition coefficient (Wildman–Crippen LogP) is 4.87. The van der Waals surface area contributed by atoms with Gasteiger partial charge in [-0.1, -0.05) is 91.0 Å². The van der Waals surface area contributed by atoms with E-state index in [1.54, 1.807) is 24.3 Å². The van der Waals surface area contributed by atoms with Crippen molar-refractivity contribution in [2.75, 3.05) is 0 Å². The van der Waals surface area contributed by atoms with E-state index in [4.69, 9.17) is 0 Å². The lowest BCUT2D eigenvalue weighted by molar-refractivity contribution is -0.137. The highest BCUT2D eigenvalue weighted by molar-refractivity contribution is 7.89. The van der Waals surface area contributed by atoms with Crippen LogP contribution in [-0.2, 0) is 21.2 Å². The average Bonchev–Trinajstić information content (AvgIpc) is 2.78. The zero-order valence-corrected chi connectivity index (χ0v) is 18.1. The maximum Gasteiger partial charge on any atom is 0.304 e. The molecule has 6 heteroatoms. The molecule has 32 heavy (non-hydrogen) atoms. The second-order valence-electron chi connectivity index (χ2n) is 7.66. The Labute approximate surface area is 187 Å². The second-order valence-corrected chi connectivity index (χ2v) is 9.35. The first kappa shape index (κ1) is 21.7. The van der Waals surface area contributed by atoms with Crippen LogP contribution in [0.5, 0.6) is 0 Å². The van der Waals surface area contributed by atoms with Crippen LogP contribution in [0.3, 0.4) is 0 Å². The van der Waals surface area contributed by atoms with Crippen molar-refractivity contribution in [1.82, 2.24) is 4.72 Å². The lowest BCUT2D eigenvalue weighted by atomic mass is 9.99. The first-order chi connectivity index (χ1) is 15.4. The average molecular weight is 446 g/mol. The van der Waals surface area contributed by atoms with Crippen LogP contribution in [0.4, 0.5) is 0 Å². The Morgan fingerprint density at radius 2 is 1.47 bits per heavy atom. The van der Waals surface area contributed by atoms with Gasteiger partial charge >= 0.3 is 5.97 Å². The maximum absolute atomic E-state index is 13.2. The Hall–Kier alpha value is -3.48. The van der Waals surface area contributed by atoms with Crippen molar-refractivity contribution in [1.29, 1.82) is 0 Å². The number of hydrogen-bond donors (Lipinski definition) is 2. The first-order valence-corrected chi connectivity index (χ1v) is 11.8. The molecule has 0 aromatic heterocycles. The number of carbonyl (C=O) groups is 1. The standard InChI is InChI=1S/C26H23NO4S/c28-26(29)18-23(17-19-8-6-13-22(16-19)20-9-2-1-3-10-20)27-32(30,31)25-15-7-12-21-11-4-5-14-24(21)25/h1-16,23,27H,17-18H2,(H,28,29). The van der Waals surface area contributed by atoms with Gasteiger partial charge < -0.3 is 5.11 Å². The summed E-state index contributed by atoms with van der Waals surface area (Å²) in [6.07, 6.45) is -0.0590. The maximum atomic E-state index is 13.2. The normalized spacial score (nSPS) is 12.5. The Balaban J connectivity index is 1.63. The zero-order chi connectivity index (χ0) is 22.6. The van der Waals surface area contributed by atoms with E-state index in [2.05, 4.69) is 4.72 Å². The largest absolute Gasteiger partial charge is 0.481 e. The fourth-order valence-electron chi connectivity index (χ4n) is 3.87. The highest BCUT2D eigenvalue weighted by Gasteiger charge is 2.24.